The summed E-state index contributed by atoms with van der Waals surface area (Å²) >= 11 is 0. The monoisotopic (exact) mass is 313 g/mol. The van der Waals surface area contributed by atoms with Crippen molar-refractivity contribution in [1.29, 1.82) is 0 Å². The zero-order valence-electron chi connectivity index (χ0n) is 13.5. The van der Waals surface area contributed by atoms with E-state index in [1.54, 1.807) is 10.5 Å². The van der Waals surface area contributed by atoms with E-state index in [4.69, 9.17) is 0 Å². The Morgan fingerprint density at radius 2 is 2.14 bits per heavy atom. The highest BCUT2D eigenvalue weighted by Crippen LogP contribution is 2.28. The van der Waals surface area contributed by atoms with Gasteiger partial charge in [-0.3, -0.25) is 0 Å². The first-order valence-electron chi connectivity index (χ1n) is 7.75. The molecule has 1 aromatic rings. The van der Waals surface area contributed by atoms with Crippen LogP contribution in [0.5, 0.6) is 0 Å². The molecule has 0 bridgehead atoms. The summed E-state index contributed by atoms with van der Waals surface area (Å²) in [5.74, 6) is 0.503. The second-order valence-electron chi connectivity index (χ2n) is 6.12. The summed E-state index contributed by atoms with van der Waals surface area (Å²) in [5, 5.41) is 3.10. The molecule has 1 aliphatic heterocycles. The lowest BCUT2D eigenvalue weighted by molar-refractivity contribution is 0.452. The lowest BCUT2D eigenvalue weighted by Gasteiger charge is -2.15. The average molecular weight is 313 g/mol. The van der Waals surface area contributed by atoms with E-state index in [0.29, 0.717) is 30.4 Å². The van der Waals surface area contributed by atoms with Crippen molar-refractivity contribution < 1.29 is 8.42 Å². The van der Waals surface area contributed by atoms with Crippen LogP contribution in [0.4, 0.5) is 0 Å². The first kappa shape index (κ1) is 16.5. The van der Waals surface area contributed by atoms with Gasteiger partial charge in [-0.2, -0.15) is 4.31 Å². The molecule has 1 fully saturated rings. The lowest BCUT2D eigenvalue weighted by Crippen LogP contribution is -2.28. The summed E-state index contributed by atoms with van der Waals surface area (Å²) in [7, 11) is -1.48. The summed E-state index contributed by atoms with van der Waals surface area (Å²) in [6.07, 6.45) is 3.81. The smallest absolute Gasteiger partial charge is 0.244 e. The fourth-order valence-electron chi connectivity index (χ4n) is 2.94. The van der Waals surface area contributed by atoms with Crippen LogP contribution in [-0.2, 0) is 16.6 Å². The standard InChI is InChI=1S/C15H27N3O2S/c1-5-13-6-7-17(10-13)21(19,20)15-8-14(9-16-4)18(11-15)12(2)3/h8,11-13,16H,5-7,9-10H2,1-4H3. The maximum atomic E-state index is 12.8. The van der Waals surface area contributed by atoms with Crippen LogP contribution in [0.2, 0.25) is 0 Å². The SMILES string of the molecule is CCC1CCN(S(=O)(=O)c2cc(CNC)n(C(C)C)c2)C1. The summed E-state index contributed by atoms with van der Waals surface area (Å²) in [6, 6.07) is 2.06. The van der Waals surface area contributed by atoms with Crippen molar-refractivity contribution in [3.8, 4) is 0 Å². The number of nitrogens with zero attached hydrogens (tertiary/aromatic N) is 2. The first-order valence-corrected chi connectivity index (χ1v) is 9.19. The highest BCUT2D eigenvalue weighted by Gasteiger charge is 2.32. The highest BCUT2D eigenvalue weighted by atomic mass is 32.2. The molecule has 1 aliphatic rings. The van der Waals surface area contributed by atoms with Crippen molar-refractivity contribution in [3.63, 3.8) is 0 Å². The van der Waals surface area contributed by atoms with Crippen LogP contribution in [0.3, 0.4) is 0 Å². The maximum absolute atomic E-state index is 12.8. The summed E-state index contributed by atoms with van der Waals surface area (Å²) in [4.78, 5) is 0.429. The Morgan fingerprint density at radius 3 is 2.67 bits per heavy atom. The van der Waals surface area contributed by atoms with Crippen LogP contribution in [0.1, 0.15) is 45.3 Å². The van der Waals surface area contributed by atoms with Crippen LogP contribution in [-0.4, -0.2) is 37.4 Å². The van der Waals surface area contributed by atoms with E-state index in [-0.39, 0.29) is 6.04 Å². The van der Waals surface area contributed by atoms with Crippen molar-refractivity contribution in [2.24, 2.45) is 5.92 Å². The number of nitrogens with one attached hydrogen (secondary N) is 1. The number of rotatable bonds is 6. The minimum absolute atomic E-state index is 0.249. The van der Waals surface area contributed by atoms with E-state index in [0.717, 1.165) is 18.5 Å². The van der Waals surface area contributed by atoms with Crippen LogP contribution in [0.15, 0.2) is 17.2 Å². The number of hydrogen-bond donors (Lipinski definition) is 1. The van der Waals surface area contributed by atoms with E-state index in [9.17, 15) is 8.42 Å². The molecule has 0 spiro atoms. The van der Waals surface area contributed by atoms with E-state index >= 15 is 0 Å². The molecular weight excluding hydrogens is 286 g/mol. The molecule has 5 nitrogen and oxygen atoms in total. The maximum Gasteiger partial charge on any atom is 0.244 e. The van der Waals surface area contributed by atoms with E-state index in [2.05, 4.69) is 26.1 Å². The molecule has 1 atom stereocenters. The van der Waals surface area contributed by atoms with Gasteiger partial charge >= 0.3 is 0 Å². The van der Waals surface area contributed by atoms with Gasteiger partial charge in [0.15, 0.2) is 0 Å². The molecule has 1 N–H and O–H groups in total. The topological polar surface area (TPSA) is 54.3 Å². The molecular formula is C15H27N3O2S. The van der Waals surface area contributed by atoms with Crippen molar-refractivity contribution in [1.82, 2.24) is 14.2 Å². The van der Waals surface area contributed by atoms with Crippen molar-refractivity contribution in [2.45, 2.75) is 51.1 Å². The molecule has 1 aromatic heterocycles. The Labute approximate surface area is 128 Å². The molecule has 21 heavy (non-hydrogen) atoms. The van der Waals surface area contributed by atoms with Crippen molar-refractivity contribution in [2.75, 3.05) is 20.1 Å². The molecule has 6 heteroatoms. The van der Waals surface area contributed by atoms with Gasteiger partial charge in [0.1, 0.15) is 4.90 Å². The predicted octanol–water partition coefficient (Wildman–Crippen LogP) is 2.21. The first-order chi connectivity index (χ1) is 9.90. The average Bonchev–Trinajstić information content (AvgIpc) is 3.05. The molecule has 0 amide bonds. The molecule has 0 saturated carbocycles. The van der Waals surface area contributed by atoms with E-state index in [1.807, 2.05) is 17.7 Å². The van der Waals surface area contributed by atoms with Crippen LogP contribution < -0.4 is 5.32 Å². The van der Waals surface area contributed by atoms with Crippen LogP contribution >= 0.6 is 0 Å². The number of hydrogen-bond acceptors (Lipinski definition) is 3. The van der Waals surface area contributed by atoms with Gasteiger partial charge in [0, 0.05) is 37.6 Å². The summed E-state index contributed by atoms with van der Waals surface area (Å²) < 4.78 is 29.2. The molecule has 0 aromatic carbocycles. The van der Waals surface area contributed by atoms with Crippen LogP contribution in [0, 0.1) is 5.92 Å². The van der Waals surface area contributed by atoms with Gasteiger partial charge in [-0.15, -0.1) is 0 Å². The van der Waals surface area contributed by atoms with Crippen molar-refractivity contribution >= 4 is 10.0 Å². The Bertz CT molecular complexity index is 578. The van der Waals surface area contributed by atoms with E-state index in [1.165, 1.54) is 0 Å². The van der Waals surface area contributed by atoms with Gasteiger partial charge in [0.2, 0.25) is 10.0 Å². The molecule has 0 radical (unpaired) electrons. The van der Waals surface area contributed by atoms with Gasteiger partial charge in [-0.1, -0.05) is 13.3 Å². The Morgan fingerprint density at radius 1 is 1.43 bits per heavy atom. The molecule has 2 heterocycles. The zero-order valence-corrected chi connectivity index (χ0v) is 14.3. The second-order valence-corrected chi connectivity index (χ2v) is 8.06. The third-order valence-electron chi connectivity index (χ3n) is 4.28. The largest absolute Gasteiger partial charge is 0.346 e. The van der Waals surface area contributed by atoms with Gasteiger partial charge in [0.25, 0.3) is 0 Å². The van der Waals surface area contributed by atoms with Gasteiger partial charge in [-0.25, -0.2) is 8.42 Å². The van der Waals surface area contributed by atoms with Gasteiger partial charge < -0.3 is 9.88 Å². The summed E-state index contributed by atoms with van der Waals surface area (Å²) in [5.41, 5.74) is 1.01. The summed E-state index contributed by atoms with van der Waals surface area (Å²) in [6.45, 7) is 8.24. The lowest BCUT2D eigenvalue weighted by atomic mass is 10.1. The Hall–Kier alpha value is -0.850. The fourth-order valence-corrected chi connectivity index (χ4v) is 4.52. The van der Waals surface area contributed by atoms with Gasteiger partial charge in [-0.05, 0) is 39.3 Å². The van der Waals surface area contributed by atoms with Gasteiger partial charge in [0.05, 0.1) is 0 Å². The molecule has 120 valence electrons. The predicted molar refractivity (Wildman–Crippen MR) is 84.7 cm³/mol. The zero-order chi connectivity index (χ0) is 15.6. The molecule has 2 rings (SSSR count). The highest BCUT2D eigenvalue weighted by molar-refractivity contribution is 7.89. The fraction of sp³-hybridized carbons (Fsp3) is 0.733. The normalized spacial score (nSPS) is 20.5. The minimum Gasteiger partial charge on any atom is -0.346 e. The third-order valence-corrected chi connectivity index (χ3v) is 6.12. The number of aromatic nitrogens is 1. The number of sulfonamides is 1. The molecule has 1 unspecified atom stereocenters. The van der Waals surface area contributed by atoms with E-state index < -0.39 is 10.0 Å². The quantitative estimate of drug-likeness (QED) is 0.876. The Kier molecular flexibility index (Phi) is 5.11. The third kappa shape index (κ3) is 3.33. The molecule has 0 aliphatic carbocycles. The van der Waals surface area contributed by atoms with Crippen molar-refractivity contribution in [3.05, 3.63) is 18.0 Å². The second kappa shape index (κ2) is 6.50. The van der Waals surface area contributed by atoms with Crippen LogP contribution in [0.25, 0.3) is 0 Å². The molecule has 1 saturated heterocycles. The Balaban J connectivity index is 2.30. The minimum atomic E-state index is -3.35.